The van der Waals surface area contributed by atoms with Crippen LogP contribution in [0.15, 0.2) is 43.5 Å². The molecule has 0 aliphatic heterocycles. The van der Waals surface area contributed by atoms with E-state index in [0.717, 1.165) is 12.8 Å². The summed E-state index contributed by atoms with van der Waals surface area (Å²) in [5, 5.41) is 0. The van der Waals surface area contributed by atoms with Gasteiger partial charge in [-0.3, -0.25) is 0 Å². The molecule has 1 aromatic rings. The summed E-state index contributed by atoms with van der Waals surface area (Å²) in [6.45, 7) is 28.8. The van der Waals surface area contributed by atoms with E-state index >= 15 is 0 Å². The lowest BCUT2D eigenvalue weighted by Crippen LogP contribution is -2.23. The molecule has 0 nitrogen and oxygen atoms in total. The predicted octanol–water partition coefficient (Wildman–Crippen LogP) is 9.31. The highest BCUT2D eigenvalue weighted by molar-refractivity contribution is 5.75. The van der Waals surface area contributed by atoms with Crippen LogP contribution in [0.3, 0.4) is 0 Å². The van der Waals surface area contributed by atoms with E-state index in [2.05, 4.69) is 51.3 Å². The number of allylic oxidation sites excluding steroid dienone is 2. The van der Waals surface area contributed by atoms with Crippen molar-refractivity contribution < 1.29 is 0 Å². The summed E-state index contributed by atoms with van der Waals surface area (Å²) in [5.41, 5.74) is 4.34. The molecular weight excluding hydrogens is 300 g/mol. The Kier molecular flexibility index (Phi) is 24.0. The largest absolute Gasteiger partial charge is 0.103 e. The number of benzene rings is 1. The smallest absolute Gasteiger partial charge is 0.00288 e. The Balaban J connectivity index is -0.000000217. The van der Waals surface area contributed by atoms with Crippen molar-refractivity contribution in [3.8, 4) is 0 Å². The van der Waals surface area contributed by atoms with Gasteiger partial charge in [-0.25, -0.2) is 0 Å². The van der Waals surface area contributed by atoms with Crippen LogP contribution in [0, 0.1) is 5.92 Å². The van der Waals surface area contributed by atoms with Crippen LogP contribution in [0.2, 0.25) is 0 Å². The van der Waals surface area contributed by atoms with Gasteiger partial charge in [0.1, 0.15) is 0 Å². The van der Waals surface area contributed by atoms with Crippen molar-refractivity contribution in [2.75, 3.05) is 0 Å². The van der Waals surface area contributed by atoms with Gasteiger partial charge in [0.05, 0.1) is 0 Å². The van der Waals surface area contributed by atoms with Gasteiger partial charge in [-0.15, -0.1) is 6.58 Å². The van der Waals surface area contributed by atoms with Crippen LogP contribution < -0.4 is 0 Å². The molecule has 0 heteroatoms. The summed E-state index contributed by atoms with van der Waals surface area (Å²) < 4.78 is 0. The van der Waals surface area contributed by atoms with Crippen LogP contribution >= 0.6 is 0 Å². The number of fused-ring (bicyclic) bond motifs is 1. The van der Waals surface area contributed by atoms with Gasteiger partial charge in [0, 0.05) is 0 Å². The molecule has 1 atom stereocenters. The Hall–Kier alpha value is -1.30. The highest BCUT2D eigenvalue weighted by atomic mass is 14.4. The van der Waals surface area contributed by atoms with Crippen molar-refractivity contribution in [3.05, 3.63) is 54.6 Å². The first-order valence-electron chi connectivity index (χ1n) is 9.98. The fourth-order valence-corrected chi connectivity index (χ4v) is 2.96. The normalized spacial score (nSPS) is 15.0. The molecule has 0 radical (unpaired) electrons. The maximum absolute atomic E-state index is 4.29. The fourth-order valence-electron chi connectivity index (χ4n) is 2.96. The van der Waals surface area contributed by atoms with Crippen LogP contribution in [0.25, 0.3) is 5.57 Å². The molecule has 1 unspecified atom stereocenters. The fraction of sp³-hybridized carbons (Fsp3) is 0.600. The molecule has 0 saturated heterocycles. The van der Waals surface area contributed by atoms with Crippen LogP contribution in [-0.2, 0) is 5.41 Å². The van der Waals surface area contributed by atoms with Gasteiger partial charge in [0.25, 0.3) is 0 Å². The molecule has 0 aromatic heterocycles. The zero-order chi connectivity index (χ0) is 19.8. The molecule has 1 aromatic carbocycles. The lowest BCUT2D eigenvalue weighted by atomic mass is 9.75. The molecule has 0 amide bonds. The molecule has 0 bridgehead atoms. The van der Waals surface area contributed by atoms with E-state index in [1.807, 2.05) is 61.5 Å². The van der Waals surface area contributed by atoms with Crippen LogP contribution in [-0.4, -0.2) is 0 Å². The lowest BCUT2D eigenvalue weighted by molar-refractivity contribution is 0.394. The van der Waals surface area contributed by atoms with Gasteiger partial charge < -0.3 is 0 Å². The molecule has 0 fully saturated rings. The highest BCUT2D eigenvalue weighted by Gasteiger charge is 2.40. The van der Waals surface area contributed by atoms with Gasteiger partial charge in [0.15, 0.2) is 0 Å². The molecule has 0 heterocycles. The Bertz CT molecular complexity index is 423. The zero-order valence-electron chi connectivity index (χ0n) is 18.3. The van der Waals surface area contributed by atoms with Crippen molar-refractivity contribution in [2.24, 2.45) is 5.92 Å². The minimum Gasteiger partial charge on any atom is -0.103 e. The van der Waals surface area contributed by atoms with E-state index < -0.39 is 0 Å². The third-order valence-corrected chi connectivity index (χ3v) is 3.92. The standard InChI is InChI=1S/C16H20.4C2H6.CH4/c1-5-6-10-14-12(2)13-9-7-8-11-15(13)16(14,3)4;4*1-2;/h5,7-9,11,14H,1-2,6,10H2,3-4H3;4*1-2H3;1H4. The van der Waals surface area contributed by atoms with Crippen molar-refractivity contribution in [1.29, 1.82) is 0 Å². The minimum absolute atomic E-state index is 0. The molecule has 148 valence electrons. The van der Waals surface area contributed by atoms with Crippen molar-refractivity contribution in [2.45, 2.75) is 94.9 Å². The van der Waals surface area contributed by atoms with E-state index in [0.29, 0.717) is 5.92 Å². The molecule has 0 N–H and O–H groups in total. The topological polar surface area (TPSA) is 0 Å². The minimum atomic E-state index is 0. The van der Waals surface area contributed by atoms with E-state index in [4.69, 9.17) is 0 Å². The molecule has 1 aliphatic carbocycles. The van der Waals surface area contributed by atoms with E-state index in [9.17, 15) is 0 Å². The van der Waals surface area contributed by atoms with Gasteiger partial charge >= 0.3 is 0 Å². The second-order valence-corrected chi connectivity index (χ2v) is 5.21. The van der Waals surface area contributed by atoms with Crippen molar-refractivity contribution >= 4 is 5.57 Å². The molecular formula is C25H48. The quantitative estimate of drug-likeness (QED) is 0.477. The highest BCUT2D eigenvalue weighted by Crippen LogP contribution is 2.50. The lowest BCUT2D eigenvalue weighted by Gasteiger charge is -2.28. The van der Waals surface area contributed by atoms with Gasteiger partial charge in [-0.1, -0.05) is 114 Å². The average Bonchev–Trinajstić information content (AvgIpc) is 2.87. The Morgan fingerprint density at radius 2 is 1.36 bits per heavy atom. The third kappa shape index (κ3) is 8.56. The first-order valence-corrected chi connectivity index (χ1v) is 9.98. The number of hydrogen-bond donors (Lipinski definition) is 0. The van der Waals surface area contributed by atoms with E-state index in [-0.39, 0.29) is 12.8 Å². The van der Waals surface area contributed by atoms with E-state index in [1.54, 1.807) is 0 Å². The van der Waals surface area contributed by atoms with Crippen LogP contribution in [0.5, 0.6) is 0 Å². The monoisotopic (exact) mass is 348 g/mol. The van der Waals surface area contributed by atoms with Gasteiger partial charge in [-0.2, -0.15) is 0 Å². The first kappa shape index (κ1) is 31.5. The third-order valence-electron chi connectivity index (χ3n) is 3.92. The summed E-state index contributed by atoms with van der Waals surface area (Å²) in [6.07, 6.45) is 4.23. The second-order valence-electron chi connectivity index (χ2n) is 5.21. The van der Waals surface area contributed by atoms with E-state index in [1.165, 1.54) is 16.7 Å². The van der Waals surface area contributed by atoms with Gasteiger partial charge in [-0.05, 0) is 40.9 Å². The Labute approximate surface area is 161 Å². The van der Waals surface area contributed by atoms with Crippen molar-refractivity contribution in [3.63, 3.8) is 0 Å². The Morgan fingerprint density at radius 1 is 0.920 bits per heavy atom. The summed E-state index contributed by atoms with van der Waals surface area (Å²) in [4.78, 5) is 0. The molecule has 2 rings (SSSR count). The first-order chi connectivity index (χ1) is 11.6. The number of hydrogen-bond acceptors (Lipinski definition) is 0. The van der Waals surface area contributed by atoms with Gasteiger partial charge in [0.2, 0.25) is 0 Å². The molecule has 0 spiro atoms. The summed E-state index contributed by atoms with van der Waals surface area (Å²) in [5.74, 6) is 0.558. The maximum atomic E-state index is 4.29. The average molecular weight is 349 g/mol. The van der Waals surface area contributed by atoms with Crippen LogP contribution in [0.4, 0.5) is 0 Å². The Morgan fingerprint density at radius 3 is 1.76 bits per heavy atom. The summed E-state index contributed by atoms with van der Waals surface area (Å²) >= 11 is 0. The zero-order valence-corrected chi connectivity index (χ0v) is 18.3. The molecule has 25 heavy (non-hydrogen) atoms. The maximum Gasteiger partial charge on any atom is -0.00288 e. The molecule has 0 saturated carbocycles. The van der Waals surface area contributed by atoms with Crippen LogP contribution in [0.1, 0.15) is 101 Å². The summed E-state index contributed by atoms with van der Waals surface area (Å²) in [7, 11) is 0. The number of rotatable bonds is 3. The predicted molar refractivity (Wildman–Crippen MR) is 124 cm³/mol. The SMILES string of the molecule is C.C=CCCC1C(=C)c2ccccc2C1(C)C.CC.CC.CC.CC. The second kappa shape index (κ2) is 19.0. The summed E-state index contributed by atoms with van der Waals surface area (Å²) in [6, 6.07) is 8.68. The van der Waals surface area contributed by atoms with Crippen molar-refractivity contribution in [1.82, 2.24) is 0 Å². The molecule has 1 aliphatic rings.